The first-order valence-corrected chi connectivity index (χ1v) is 5.44. The van der Waals surface area contributed by atoms with E-state index in [-0.39, 0.29) is 17.7 Å². The molecule has 1 aromatic carbocycles. The molecule has 0 aliphatic carbocycles. The van der Waals surface area contributed by atoms with Gasteiger partial charge in [0.15, 0.2) is 0 Å². The Morgan fingerprint density at radius 1 is 1.38 bits per heavy atom. The minimum Gasteiger partial charge on any atom is -0.330 e. The van der Waals surface area contributed by atoms with Gasteiger partial charge in [-0.15, -0.1) is 0 Å². The minimum absolute atomic E-state index is 0.0203. The lowest BCUT2D eigenvalue weighted by Crippen LogP contribution is -2.33. The van der Waals surface area contributed by atoms with Crippen molar-refractivity contribution in [1.82, 2.24) is 15.8 Å². The molecule has 0 spiro atoms. The van der Waals surface area contributed by atoms with Crippen LogP contribution < -0.4 is 10.7 Å². The quantitative estimate of drug-likeness (QED) is 0.748. The number of nitrogens with zero attached hydrogens (tertiary/aromatic N) is 1. The van der Waals surface area contributed by atoms with Crippen molar-refractivity contribution in [2.75, 3.05) is 0 Å². The van der Waals surface area contributed by atoms with Gasteiger partial charge in [0.2, 0.25) is 0 Å². The van der Waals surface area contributed by atoms with Crippen molar-refractivity contribution in [2.24, 2.45) is 0 Å². The van der Waals surface area contributed by atoms with Crippen LogP contribution in [0, 0.1) is 0 Å². The van der Waals surface area contributed by atoms with Crippen molar-refractivity contribution in [3.8, 4) is 0 Å². The average molecular weight is 219 g/mol. The molecule has 0 aromatic heterocycles. The third-order valence-corrected chi connectivity index (χ3v) is 2.74. The van der Waals surface area contributed by atoms with Gasteiger partial charge in [0.25, 0.3) is 0 Å². The molecule has 1 saturated heterocycles. The van der Waals surface area contributed by atoms with Gasteiger partial charge < -0.3 is 5.32 Å². The zero-order valence-corrected chi connectivity index (χ0v) is 9.82. The van der Waals surface area contributed by atoms with Crippen LogP contribution in [-0.4, -0.2) is 16.7 Å². The fraction of sp³-hybridized carbons (Fsp3) is 0.417. The van der Waals surface area contributed by atoms with E-state index in [0.717, 1.165) is 5.56 Å². The fourth-order valence-electron chi connectivity index (χ4n) is 1.63. The first-order valence-electron chi connectivity index (χ1n) is 5.44. The zero-order valence-electron chi connectivity index (χ0n) is 9.82. The Morgan fingerprint density at radius 3 is 2.44 bits per heavy atom. The maximum absolute atomic E-state index is 11.8. The number of carbonyl (C=O) groups excluding carboxylic acids is 1. The lowest BCUT2D eigenvalue weighted by Gasteiger charge is -2.14. The van der Waals surface area contributed by atoms with E-state index in [4.69, 9.17) is 0 Å². The highest BCUT2D eigenvalue weighted by atomic mass is 16.2. The second kappa shape index (κ2) is 3.79. The molecule has 2 amide bonds. The topological polar surface area (TPSA) is 54.0 Å². The maximum atomic E-state index is 11.8. The van der Waals surface area contributed by atoms with Crippen molar-refractivity contribution in [3.05, 3.63) is 35.9 Å². The highest BCUT2D eigenvalue weighted by Gasteiger charge is 2.46. The van der Waals surface area contributed by atoms with Crippen LogP contribution in [0.3, 0.4) is 0 Å². The molecule has 2 rings (SSSR count). The van der Waals surface area contributed by atoms with Gasteiger partial charge in [0, 0.05) is 0 Å². The Hall–Kier alpha value is -1.55. The highest BCUT2D eigenvalue weighted by Crippen LogP contribution is 2.23. The number of nitrogens with one attached hydrogen (secondary N) is 2. The Balaban J connectivity index is 1.94. The van der Waals surface area contributed by atoms with Crippen LogP contribution in [0.15, 0.2) is 30.3 Å². The highest BCUT2D eigenvalue weighted by molar-refractivity contribution is 5.77. The van der Waals surface area contributed by atoms with Crippen LogP contribution in [0.1, 0.15) is 32.4 Å². The SMILES string of the molecule is CC(NC(=O)N1NC1(C)C)c1ccccc1. The predicted molar refractivity (Wildman–Crippen MR) is 62.4 cm³/mol. The van der Waals surface area contributed by atoms with E-state index in [2.05, 4.69) is 10.7 Å². The summed E-state index contributed by atoms with van der Waals surface area (Å²) in [5, 5.41) is 4.53. The van der Waals surface area contributed by atoms with Crippen molar-refractivity contribution in [1.29, 1.82) is 0 Å². The Kier molecular flexibility index (Phi) is 2.59. The number of hydrogen-bond donors (Lipinski definition) is 2. The summed E-state index contributed by atoms with van der Waals surface area (Å²) in [6, 6.07) is 9.85. The molecule has 1 aliphatic rings. The third-order valence-electron chi connectivity index (χ3n) is 2.74. The molecule has 86 valence electrons. The molecule has 2 N–H and O–H groups in total. The lowest BCUT2D eigenvalue weighted by atomic mass is 10.1. The van der Waals surface area contributed by atoms with Gasteiger partial charge in [-0.1, -0.05) is 30.3 Å². The number of rotatable bonds is 2. The maximum Gasteiger partial charge on any atom is 0.334 e. The first-order chi connectivity index (χ1) is 7.50. The third kappa shape index (κ3) is 2.17. The predicted octanol–water partition coefficient (Wildman–Crippen LogP) is 2.01. The summed E-state index contributed by atoms with van der Waals surface area (Å²) in [6.45, 7) is 5.89. The van der Waals surface area contributed by atoms with Crippen LogP contribution in [-0.2, 0) is 0 Å². The summed E-state index contributed by atoms with van der Waals surface area (Å²) in [5.41, 5.74) is 3.88. The number of carbonyl (C=O) groups is 1. The number of benzene rings is 1. The van der Waals surface area contributed by atoms with E-state index in [9.17, 15) is 4.79 Å². The largest absolute Gasteiger partial charge is 0.334 e. The smallest absolute Gasteiger partial charge is 0.330 e. The van der Waals surface area contributed by atoms with Gasteiger partial charge in [-0.25, -0.2) is 15.2 Å². The van der Waals surface area contributed by atoms with Gasteiger partial charge in [-0.2, -0.15) is 0 Å². The van der Waals surface area contributed by atoms with Gasteiger partial charge in [0.05, 0.1) is 6.04 Å². The van der Waals surface area contributed by atoms with Crippen molar-refractivity contribution < 1.29 is 4.79 Å². The van der Waals surface area contributed by atoms with Gasteiger partial charge in [-0.05, 0) is 26.3 Å². The molecule has 16 heavy (non-hydrogen) atoms. The van der Waals surface area contributed by atoms with Gasteiger partial charge in [-0.3, -0.25) is 0 Å². The summed E-state index contributed by atoms with van der Waals surface area (Å²) >= 11 is 0. The van der Waals surface area contributed by atoms with E-state index >= 15 is 0 Å². The molecule has 0 saturated carbocycles. The van der Waals surface area contributed by atoms with E-state index in [1.165, 1.54) is 0 Å². The number of amides is 2. The second-order valence-corrected chi connectivity index (χ2v) is 4.59. The summed E-state index contributed by atoms with van der Waals surface area (Å²) in [5.74, 6) is 0. The Morgan fingerprint density at radius 2 is 1.94 bits per heavy atom. The Bertz CT molecular complexity index is 389. The number of hydrogen-bond acceptors (Lipinski definition) is 2. The van der Waals surface area contributed by atoms with Crippen LogP contribution in [0.2, 0.25) is 0 Å². The van der Waals surface area contributed by atoms with Crippen molar-refractivity contribution >= 4 is 6.03 Å². The van der Waals surface area contributed by atoms with Gasteiger partial charge >= 0.3 is 6.03 Å². The number of urea groups is 1. The van der Waals surface area contributed by atoms with E-state index in [1.807, 2.05) is 51.1 Å². The molecular weight excluding hydrogens is 202 g/mol. The summed E-state index contributed by atoms with van der Waals surface area (Å²) in [4.78, 5) is 11.8. The molecule has 4 heteroatoms. The molecule has 1 fully saturated rings. The average Bonchev–Trinajstić information content (AvgIpc) is 2.89. The molecule has 0 bridgehead atoms. The molecule has 0 radical (unpaired) electrons. The molecule has 1 heterocycles. The van der Waals surface area contributed by atoms with Crippen LogP contribution >= 0.6 is 0 Å². The summed E-state index contributed by atoms with van der Waals surface area (Å²) in [7, 11) is 0. The van der Waals surface area contributed by atoms with Crippen molar-refractivity contribution in [2.45, 2.75) is 32.5 Å². The number of hydrazine groups is 1. The van der Waals surface area contributed by atoms with E-state index in [1.54, 1.807) is 5.01 Å². The fourth-order valence-corrected chi connectivity index (χ4v) is 1.63. The van der Waals surface area contributed by atoms with E-state index in [0.29, 0.717) is 0 Å². The molecule has 1 aliphatic heterocycles. The molecule has 1 atom stereocenters. The van der Waals surface area contributed by atoms with E-state index < -0.39 is 0 Å². The van der Waals surface area contributed by atoms with Crippen LogP contribution in [0.25, 0.3) is 0 Å². The lowest BCUT2D eigenvalue weighted by molar-refractivity contribution is 0.218. The summed E-state index contributed by atoms with van der Waals surface area (Å²) < 4.78 is 0. The zero-order chi connectivity index (χ0) is 11.8. The first kappa shape index (κ1) is 11.0. The Labute approximate surface area is 95.6 Å². The second-order valence-electron chi connectivity index (χ2n) is 4.59. The molecular formula is C12H17N3O. The standard InChI is InChI=1S/C12H17N3O/c1-9(10-7-5-4-6-8-10)13-11(16)15-12(2,3)14-15/h4-9,14H,1-3H3,(H,13,16). The van der Waals surface area contributed by atoms with Crippen molar-refractivity contribution in [3.63, 3.8) is 0 Å². The minimum atomic E-state index is -0.208. The molecule has 4 nitrogen and oxygen atoms in total. The normalized spacial score (nSPS) is 19.1. The molecule has 1 aromatic rings. The monoisotopic (exact) mass is 219 g/mol. The van der Waals surface area contributed by atoms with Crippen LogP contribution in [0.4, 0.5) is 4.79 Å². The van der Waals surface area contributed by atoms with Crippen LogP contribution in [0.5, 0.6) is 0 Å². The molecule has 1 unspecified atom stereocenters. The summed E-state index contributed by atoms with van der Waals surface area (Å²) in [6.07, 6.45) is 0. The van der Waals surface area contributed by atoms with Gasteiger partial charge in [0.1, 0.15) is 5.66 Å².